The van der Waals surface area contributed by atoms with Gasteiger partial charge in [-0.25, -0.2) is 0 Å². The molecule has 0 amide bonds. The van der Waals surface area contributed by atoms with E-state index in [1.54, 1.807) is 0 Å². The van der Waals surface area contributed by atoms with E-state index in [4.69, 9.17) is 0 Å². The summed E-state index contributed by atoms with van der Waals surface area (Å²) in [7, 11) is 2.60. The van der Waals surface area contributed by atoms with E-state index in [0.717, 1.165) is 0 Å². The molecule has 0 aromatic heterocycles. The number of carbonyl (C=O) groups excluding carboxylic acids is 2. The summed E-state index contributed by atoms with van der Waals surface area (Å²) in [5.74, 6) is -2.37. The molecular weight excluding hydrogens is 375 g/mol. The molecular formula is C6H12O6Pb. The van der Waals surface area contributed by atoms with Crippen LogP contribution in [0.3, 0.4) is 0 Å². The van der Waals surface area contributed by atoms with Crippen LogP contribution in [0.1, 0.15) is 0 Å². The Hall–Kier alpha value is -0.218. The zero-order valence-corrected chi connectivity index (χ0v) is 13.1. The molecule has 0 N–H and O–H groups in total. The van der Waals surface area contributed by atoms with Gasteiger partial charge in [0.2, 0.25) is 0 Å². The van der Waals surface area contributed by atoms with Crippen LogP contribution in [0.25, 0.3) is 0 Å². The van der Waals surface area contributed by atoms with E-state index in [9.17, 15) is 19.8 Å². The van der Waals surface area contributed by atoms with Crippen molar-refractivity contribution in [2.75, 3.05) is 27.4 Å². The molecule has 0 radical (unpaired) electrons. The third kappa shape index (κ3) is 33.7. The second-order valence-corrected chi connectivity index (χ2v) is 1.61. The van der Waals surface area contributed by atoms with Gasteiger partial charge < -0.3 is 29.3 Å². The molecule has 0 aromatic carbocycles. The van der Waals surface area contributed by atoms with Crippen LogP contribution in [0.15, 0.2) is 0 Å². The minimum atomic E-state index is -1.18. The van der Waals surface area contributed by atoms with Crippen LogP contribution in [0.2, 0.25) is 0 Å². The van der Waals surface area contributed by atoms with E-state index >= 15 is 0 Å². The Morgan fingerprint density at radius 3 is 1.23 bits per heavy atom. The van der Waals surface area contributed by atoms with Crippen molar-refractivity contribution in [1.82, 2.24) is 0 Å². The predicted molar refractivity (Wildman–Crippen MR) is 42.3 cm³/mol. The fraction of sp³-hybridized carbons (Fsp3) is 0.667. The van der Waals surface area contributed by atoms with Crippen LogP contribution in [0.5, 0.6) is 0 Å². The maximum atomic E-state index is 9.36. The van der Waals surface area contributed by atoms with Gasteiger partial charge in [-0.3, -0.25) is 0 Å². The van der Waals surface area contributed by atoms with Gasteiger partial charge in [-0.15, -0.1) is 0 Å². The first-order valence-corrected chi connectivity index (χ1v) is 2.92. The second-order valence-electron chi connectivity index (χ2n) is 1.61. The Kier molecular flexibility index (Phi) is 20.4. The summed E-state index contributed by atoms with van der Waals surface area (Å²) in [5.41, 5.74) is 0. The summed E-state index contributed by atoms with van der Waals surface area (Å²) in [6, 6.07) is 0. The van der Waals surface area contributed by atoms with Crippen LogP contribution < -0.4 is 10.2 Å². The van der Waals surface area contributed by atoms with E-state index in [2.05, 4.69) is 9.47 Å². The van der Waals surface area contributed by atoms with Crippen molar-refractivity contribution >= 4 is 39.2 Å². The maximum absolute atomic E-state index is 9.36. The molecule has 0 bridgehead atoms. The fourth-order valence-electron chi connectivity index (χ4n) is 0.236. The van der Waals surface area contributed by atoms with Crippen molar-refractivity contribution in [2.45, 2.75) is 0 Å². The number of hydrogen-bond acceptors (Lipinski definition) is 6. The van der Waals surface area contributed by atoms with E-state index in [1.807, 2.05) is 0 Å². The summed E-state index contributed by atoms with van der Waals surface area (Å²) >= 11 is 0. The SMILES string of the molecule is COCC(=O)[O-].COCC(=O)[O-].[PbH2+2]. The molecule has 6 nitrogen and oxygen atoms in total. The molecule has 7 heteroatoms. The Morgan fingerprint density at radius 2 is 1.23 bits per heavy atom. The molecule has 0 saturated heterocycles. The number of rotatable bonds is 4. The molecule has 0 spiro atoms. The fourth-order valence-corrected chi connectivity index (χ4v) is 0.236. The molecule has 0 saturated carbocycles. The molecule has 0 heterocycles. The Labute approximate surface area is 96.0 Å². The van der Waals surface area contributed by atoms with Crippen molar-refractivity contribution in [2.24, 2.45) is 0 Å². The van der Waals surface area contributed by atoms with E-state index in [0.29, 0.717) is 0 Å². The number of ether oxygens (including phenoxy) is 2. The molecule has 0 unspecified atom stereocenters. The molecule has 0 aliphatic heterocycles. The first-order valence-electron chi connectivity index (χ1n) is 2.92. The van der Waals surface area contributed by atoms with Gasteiger partial charge in [-0.1, -0.05) is 0 Å². The third-order valence-electron chi connectivity index (χ3n) is 0.524. The van der Waals surface area contributed by atoms with E-state index < -0.39 is 11.9 Å². The molecule has 0 aliphatic rings. The minimum absolute atomic E-state index is 0. The first kappa shape index (κ1) is 18.5. The van der Waals surface area contributed by atoms with Gasteiger partial charge >= 0.3 is 27.3 Å². The Morgan fingerprint density at radius 1 is 1.00 bits per heavy atom. The van der Waals surface area contributed by atoms with E-state index in [-0.39, 0.29) is 40.5 Å². The number of methoxy groups -OCH3 is 2. The number of aliphatic carboxylic acids is 2. The summed E-state index contributed by atoms with van der Waals surface area (Å²) in [6.45, 7) is -0.639. The average molecular weight is 387 g/mol. The zero-order valence-electron chi connectivity index (χ0n) is 7.57. The Bertz CT molecular complexity index is 121. The van der Waals surface area contributed by atoms with Crippen molar-refractivity contribution in [3.8, 4) is 0 Å². The first-order chi connectivity index (χ1) is 5.54. The van der Waals surface area contributed by atoms with Gasteiger partial charge in [-0.05, 0) is 0 Å². The molecule has 13 heavy (non-hydrogen) atoms. The third-order valence-corrected chi connectivity index (χ3v) is 0.524. The van der Waals surface area contributed by atoms with Crippen LogP contribution in [-0.2, 0) is 19.1 Å². The molecule has 0 rings (SSSR count). The summed E-state index contributed by atoms with van der Waals surface area (Å²) in [5, 5.41) is 18.7. The zero-order chi connectivity index (χ0) is 9.98. The topological polar surface area (TPSA) is 98.7 Å². The standard InChI is InChI=1S/2C3H6O3.Pb.2H/c2*1-6-2-3(4)5;;;/h2*2H2,1H3,(H,4,5);;;/q;;+2;;/p-2. The van der Waals surface area contributed by atoms with Crippen LogP contribution in [0.4, 0.5) is 0 Å². The number of carboxylic acid groups (broad SMARTS) is 2. The van der Waals surface area contributed by atoms with Crippen LogP contribution >= 0.6 is 0 Å². The predicted octanol–water partition coefficient (Wildman–Crippen LogP) is -4.15. The van der Waals surface area contributed by atoms with Crippen LogP contribution in [0, 0.1) is 0 Å². The summed E-state index contributed by atoms with van der Waals surface area (Å²) < 4.78 is 8.28. The monoisotopic (exact) mass is 388 g/mol. The van der Waals surface area contributed by atoms with Gasteiger partial charge in [0.05, 0.1) is 25.2 Å². The number of carbonyl (C=O) groups is 2. The van der Waals surface area contributed by atoms with Gasteiger partial charge in [0.1, 0.15) is 0 Å². The summed E-state index contributed by atoms with van der Waals surface area (Å²) in [6.07, 6.45) is 0. The Balaban J connectivity index is -0.000000143. The van der Waals surface area contributed by atoms with Crippen molar-refractivity contribution < 1.29 is 29.3 Å². The van der Waals surface area contributed by atoms with Crippen molar-refractivity contribution in [3.63, 3.8) is 0 Å². The van der Waals surface area contributed by atoms with Gasteiger partial charge in [0.15, 0.2) is 0 Å². The molecule has 0 fully saturated rings. The molecule has 76 valence electrons. The molecule has 0 aliphatic carbocycles. The van der Waals surface area contributed by atoms with Crippen molar-refractivity contribution in [3.05, 3.63) is 0 Å². The quantitative estimate of drug-likeness (QED) is 0.454. The van der Waals surface area contributed by atoms with Crippen molar-refractivity contribution in [1.29, 1.82) is 0 Å². The number of hydrogen-bond donors (Lipinski definition) is 0. The second kappa shape index (κ2) is 14.3. The van der Waals surface area contributed by atoms with Gasteiger partial charge in [0, 0.05) is 14.2 Å². The van der Waals surface area contributed by atoms with Gasteiger partial charge in [-0.2, -0.15) is 0 Å². The van der Waals surface area contributed by atoms with Crippen LogP contribution in [-0.4, -0.2) is 66.7 Å². The number of carboxylic acids is 2. The molecule has 0 aromatic rings. The van der Waals surface area contributed by atoms with Gasteiger partial charge in [0.25, 0.3) is 0 Å². The normalized spacial score (nSPS) is 7.54. The average Bonchev–Trinajstić information content (AvgIpc) is 1.87. The summed E-state index contributed by atoms with van der Waals surface area (Å²) in [4.78, 5) is 18.7. The molecule has 0 atom stereocenters. The van der Waals surface area contributed by atoms with E-state index in [1.165, 1.54) is 14.2 Å².